The summed E-state index contributed by atoms with van der Waals surface area (Å²) in [4.78, 5) is 4.74. The molecule has 0 bridgehead atoms. The number of nitrogens with one attached hydrogen (secondary N) is 1. The lowest BCUT2D eigenvalue weighted by Gasteiger charge is -2.22. The quantitative estimate of drug-likeness (QED) is 0.807. The molecule has 3 heteroatoms. The summed E-state index contributed by atoms with van der Waals surface area (Å²) in [6.07, 6.45) is 6.70. The van der Waals surface area contributed by atoms with Crippen molar-refractivity contribution < 1.29 is 0 Å². The number of nitrogens with zero attached hydrogens (tertiary/aromatic N) is 1. The van der Waals surface area contributed by atoms with Crippen LogP contribution in [0.3, 0.4) is 0 Å². The predicted octanol–water partition coefficient (Wildman–Crippen LogP) is 5.34. The Kier molecular flexibility index (Phi) is 3.72. The molecule has 1 fully saturated rings. The Bertz CT molecular complexity index is 589. The van der Waals surface area contributed by atoms with E-state index in [-0.39, 0.29) is 5.41 Å². The smallest absolute Gasteiger partial charge is 0.184 e. The molecule has 0 atom stereocenters. The number of benzene rings is 1. The molecule has 1 aliphatic rings. The van der Waals surface area contributed by atoms with E-state index in [0.717, 1.165) is 10.6 Å². The molecule has 0 unspecified atom stereocenters. The molecule has 1 aliphatic carbocycles. The minimum Gasteiger partial charge on any atom is -0.359 e. The zero-order valence-corrected chi connectivity index (χ0v) is 13.5. The van der Waals surface area contributed by atoms with Crippen LogP contribution in [0.4, 0.5) is 5.13 Å². The van der Waals surface area contributed by atoms with Gasteiger partial charge in [0.05, 0.1) is 10.2 Å². The van der Waals surface area contributed by atoms with Gasteiger partial charge in [-0.25, -0.2) is 4.98 Å². The van der Waals surface area contributed by atoms with Gasteiger partial charge in [-0.1, -0.05) is 57.4 Å². The van der Waals surface area contributed by atoms with E-state index >= 15 is 0 Å². The van der Waals surface area contributed by atoms with Crippen molar-refractivity contribution >= 4 is 26.7 Å². The van der Waals surface area contributed by atoms with E-state index < -0.39 is 0 Å². The third kappa shape index (κ3) is 2.98. The van der Waals surface area contributed by atoms with Crippen LogP contribution >= 0.6 is 11.3 Å². The molecule has 2 aromatic rings. The van der Waals surface area contributed by atoms with E-state index in [2.05, 4.69) is 44.3 Å². The van der Waals surface area contributed by atoms with Crippen molar-refractivity contribution in [3.05, 3.63) is 23.8 Å². The topological polar surface area (TPSA) is 24.9 Å². The minimum atomic E-state index is 0.204. The third-order valence-corrected chi connectivity index (χ3v) is 5.14. The zero-order valence-electron chi connectivity index (χ0n) is 12.7. The maximum atomic E-state index is 4.74. The highest BCUT2D eigenvalue weighted by atomic mass is 32.1. The number of hydrogen-bond donors (Lipinski definition) is 1. The van der Waals surface area contributed by atoms with Gasteiger partial charge in [-0.15, -0.1) is 0 Å². The fourth-order valence-corrected chi connectivity index (χ4v) is 3.86. The maximum Gasteiger partial charge on any atom is 0.184 e. The van der Waals surface area contributed by atoms with Gasteiger partial charge in [0.15, 0.2) is 5.13 Å². The number of fused-ring (bicyclic) bond motifs is 1. The van der Waals surface area contributed by atoms with Crippen LogP contribution in [0.15, 0.2) is 18.2 Å². The highest BCUT2D eigenvalue weighted by Crippen LogP contribution is 2.32. The average Bonchev–Trinajstić information content (AvgIpc) is 2.80. The van der Waals surface area contributed by atoms with Crippen LogP contribution in [-0.2, 0) is 5.41 Å². The maximum absolute atomic E-state index is 4.74. The highest BCUT2D eigenvalue weighted by molar-refractivity contribution is 7.22. The summed E-state index contributed by atoms with van der Waals surface area (Å²) < 4.78 is 1.30. The average molecular weight is 288 g/mol. The molecule has 108 valence electrons. The first-order chi connectivity index (χ1) is 9.52. The van der Waals surface area contributed by atoms with E-state index in [1.165, 1.54) is 42.4 Å². The van der Waals surface area contributed by atoms with E-state index in [9.17, 15) is 0 Å². The van der Waals surface area contributed by atoms with Crippen LogP contribution in [0.25, 0.3) is 10.2 Å². The number of rotatable bonds is 2. The van der Waals surface area contributed by atoms with Crippen LogP contribution in [-0.4, -0.2) is 11.0 Å². The second kappa shape index (κ2) is 5.36. The van der Waals surface area contributed by atoms with Crippen molar-refractivity contribution in [1.82, 2.24) is 4.98 Å². The van der Waals surface area contributed by atoms with Crippen molar-refractivity contribution in [3.8, 4) is 0 Å². The Morgan fingerprint density at radius 1 is 1.15 bits per heavy atom. The van der Waals surface area contributed by atoms with Gasteiger partial charge in [0.2, 0.25) is 0 Å². The van der Waals surface area contributed by atoms with E-state index in [1.54, 1.807) is 11.3 Å². The molecule has 0 radical (unpaired) electrons. The molecule has 0 amide bonds. The van der Waals surface area contributed by atoms with Gasteiger partial charge < -0.3 is 5.32 Å². The Hall–Kier alpha value is -1.09. The summed E-state index contributed by atoms with van der Waals surface area (Å²) in [7, 11) is 0. The van der Waals surface area contributed by atoms with Gasteiger partial charge >= 0.3 is 0 Å². The SMILES string of the molecule is CC(C)(C)c1ccc2nc(NC3CCCCC3)sc2c1. The molecule has 1 heterocycles. The van der Waals surface area contributed by atoms with Crippen molar-refractivity contribution in [3.63, 3.8) is 0 Å². The largest absolute Gasteiger partial charge is 0.359 e. The first-order valence-corrected chi connectivity index (χ1v) is 8.52. The zero-order chi connectivity index (χ0) is 14.2. The number of anilines is 1. The van der Waals surface area contributed by atoms with Gasteiger partial charge in [0.25, 0.3) is 0 Å². The molecule has 20 heavy (non-hydrogen) atoms. The third-order valence-electron chi connectivity index (χ3n) is 4.19. The normalized spacial score (nSPS) is 17.6. The van der Waals surface area contributed by atoms with Gasteiger partial charge in [-0.05, 0) is 36.0 Å². The molecule has 1 saturated carbocycles. The van der Waals surface area contributed by atoms with Gasteiger partial charge in [-0.3, -0.25) is 0 Å². The van der Waals surface area contributed by atoms with Crippen LogP contribution < -0.4 is 5.32 Å². The van der Waals surface area contributed by atoms with Crippen LogP contribution in [0.1, 0.15) is 58.4 Å². The van der Waals surface area contributed by atoms with Crippen molar-refractivity contribution in [2.75, 3.05) is 5.32 Å². The molecule has 1 aromatic heterocycles. The minimum absolute atomic E-state index is 0.204. The van der Waals surface area contributed by atoms with Crippen LogP contribution in [0.2, 0.25) is 0 Å². The van der Waals surface area contributed by atoms with Crippen molar-refractivity contribution in [1.29, 1.82) is 0 Å². The van der Waals surface area contributed by atoms with E-state index in [0.29, 0.717) is 6.04 Å². The summed E-state index contributed by atoms with van der Waals surface area (Å²) in [5.74, 6) is 0. The number of hydrogen-bond acceptors (Lipinski definition) is 3. The molecule has 0 saturated heterocycles. The fourth-order valence-electron chi connectivity index (χ4n) is 2.87. The van der Waals surface area contributed by atoms with Gasteiger partial charge in [-0.2, -0.15) is 0 Å². The number of aromatic nitrogens is 1. The Morgan fingerprint density at radius 2 is 1.90 bits per heavy atom. The predicted molar refractivity (Wildman–Crippen MR) is 88.8 cm³/mol. The van der Waals surface area contributed by atoms with Gasteiger partial charge in [0.1, 0.15) is 0 Å². The lowest BCUT2D eigenvalue weighted by molar-refractivity contribution is 0.462. The number of thiazole rings is 1. The standard InChI is InChI=1S/C17H24N2S/c1-17(2,3)12-9-10-14-15(11-12)20-16(19-14)18-13-7-5-4-6-8-13/h9-11,13H,4-8H2,1-3H3,(H,18,19). The van der Waals surface area contributed by atoms with E-state index in [1.807, 2.05) is 0 Å². The lowest BCUT2D eigenvalue weighted by Crippen LogP contribution is -2.21. The summed E-state index contributed by atoms with van der Waals surface area (Å²) in [5.41, 5.74) is 2.72. The Balaban J connectivity index is 1.83. The second-order valence-corrected chi connectivity index (χ2v) is 7.96. The molecule has 1 N–H and O–H groups in total. The monoisotopic (exact) mass is 288 g/mol. The lowest BCUT2D eigenvalue weighted by atomic mass is 9.87. The Morgan fingerprint density at radius 3 is 2.60 bits per heavy atom. The molecular weight excluding hydrogens is 264 g/mol. The van der Waals surface area contributed by atoms with E-state index in [4.69, 9.17) is 4.98 Å². The fraction of sp³-hybridized carbons (Fsp3) is 0.588. The summed E-state index contributed by atoms with van der Waals surface area (Å²) in [6.45, 7) is 6.78. The summed E-state index contributed by atoms with van der Waals surface area (Å²) in [6, 6.07) is 7.32. The second-order valence-electron chi connectivity index (χ2n) is 6.93. The molecule has 3 rings (SSSR count). The molecule has 0 aliphatic heterocycles. The molecular formula is C17H24N2S. The van der Waals surface area contributed by atoms with Gasteiger partial charge in [0, 0.05) is 6.04 Å². The molecule has 0 spiro atoms. The first-order valence-electron chi connectivity index (χ1n) is 7.70. The summed E-state index contributed by atoms with van der Waals surface area (Å²) in [5, 5.41) is 4.73. The molecule has 2 nitrogen and oxygen atoms in total. The van der Waals surface area contributed by atoms with Crippen LogP contribution in [0.5, 0.6) is 0 Å². The highest BCUT2D eigenvalue weighted by Gasteiger charge is 2.17. The Labute approximate surface area is 125 Å². The van der Waals surface area contributed by atoms with Crippen LogP contribution in [0, 0.1) is 0 Å². The first kappa shape index (κ1) is 13.9. The van der Waals surface area contributed by atoms with Crippen molar-refractivity contribution in [2.24, 2.45) is 0 Å². The molecule has 1 aromatic carbocycles. The summed E-state index contributed by atoms with van der Waals surface area (Å²) >= 11 is 1.80. The van der Waals surface area contributed by atoms with Crippen molar-refractivity contribution in [2.45, 2.75) is 64.3 Å².